The molecule has 1 amide bonds. The maximum absolute atomic E-state index is 12.1. The highest BCUT2D eigenvalue weighted by atomic mass is 16.5. The van der Waals surface area contributed by atoms with Crippen LogP contribution in [0.25, 0.3) is 0 Å². The first-order valence-corrected chi connectivity index (χ1v) is 8.35. The van der Waals surface area contributed by atoms with Crippen LogP contribution in [0.1, 0.15) is 63.2 Å². The first kappa shape index (κ1) is 18.3. The second kappa shape index (κ2) is 10.1. The van der Waals surface area contributed by atoms with Crippen LogP contribution < -0.4 is 15.8 Å². The molecule has 124 valence electrons. The number of benzene rings is 1. The highest BCUT2D eigenvalue weighted by molar-refractivity contribution is 5.95. The summed E-state index contributed by atoms with van der Waals surface area (Å²) >= 11 is 0. The van der Waals surface area contributed by atoms with E-state index < -0.39 is 0 Å². The van der Waals surface area contributed by atoms with Gasteiger partial charge >= 0.3 is 0 Å². The van der Waals surface area contributed by atoms with Crippen molar-refractivity contribution in [3.05, 3.63) is 23.8 Å². The lowest BCUT2D eigenvalue weighted by atomic mass is 10.1. The molecule has 0 atom stereocenters. The molecule has 0 spiro atoms. The van der Waals surface area contributed by atoms with Gasteiger partial charge in [-0.1, -0.05) is 46.5 Å². The molecule has 4 nitrogen and oxygen atoms in total. The Balaban J connectivity index is 2.49. The zero-order chi connectivity index (χ0) is 16.4. The van der Waals surface area contributed by atoms with E-state index in [0.29, 0.717) is 36.1 Å². The van der Waals surface area contributed by atoms with Gasteiger partial charge in [-0.05, 0) is 30.5 Å². The lowest BCUT2D eigenvalue weighted by Gasteiger charge is -2.12. The van der Waals surface area contributed by atoms with Gasteiger partial charge < -0.3 is 15.8 Å². The Morgan fingerprint density at radius 1 is 1.23 bits per heavy atom. The Hall–Kier alpha value is -1.71. The lowest BCUT2D eigenvalue weighted by Crippen LogP contribution is -2.27. The van der Waals surface area contributed by atoms with Crippen molar-refractivity contribution in [1.29, 1.82) is 0 Å². The standard InChI is InChI=1S/C18H30N2O2/c1-4-5-6-7-8-11-22-17-12-15(9-10-16(17)19)18(21)20-13-14(2)3/h9-10,12,14H,4-8,11,13,19H2,1-3H3,(H,20,21). The van der Waals surface area contributed by atoms with E-state index in [9.17, 15) is 4.79 Å². The quantitative estimate of drug-likeness (QED) is 0.507. The van der Waals surface area contributed by atoms with Crippen molar-refractivity contribution in [1.82, 2.24) is 5.32 Å². The minimum absolute atomic E-state index is 0.0819. The molecule has 0 saturated carbocycles. The van der Waals surface area contributed by atoms with Crippen LogP contribution in [0.4, 0.5) is 5.69 Å². The first-order valence-electron chi connectivity index (χ1n) is 8.35. The zero-order valence-corrected chi connectivity index (χ0v) is 14.2. The van der Waals surface area contributed by atoms with Gasteiger partial charge in [0.1, 0.15) is 5.75 Å². The van der Waals surface area contributed by atoms with Crippen LogP contribution in [-0.2, 0) is 0 Å². The van der Waals surface area contributed by atoms with E-state index in [1.54, 1.807) is 18.2 Å². The highest BCUT2D eigenvalue weighted by Crippen LogP contribution is 2.23. The molecule has 1 rings (SSSR count). The summed E-state index contributed by atoms with van der Waals surface area (Å²) in [7, 11) is 0. The van der Waals surface area contributed by atoms with Gasteiger partial charge in [-0.3, -0.25) is 4.79 Å². The molecule has 3 N–H and O–H groups in total. The molecule has 0 saturated heterocycles. The molecular formula is C18H30N2O2. The van der Waals surface area contributed by atoms with Crippen molar-refractivity contribution >= 4 is 11.6 Å². The van der Waals surface area contributed by atoms with E-state index in [1.807, 2.05) is 0 Å². The lowest BCUT2D eigenvalue weighted by molar-refractivity contribution is 0.0948. The molecule has 1 aromatic carbocycles. The molecule has 0 aliphatic carbocycles. The molecule has 0 bridgehead atoms. The number of unbranched alkanes of at least 4 members (excludes halogenated alkanes) is 4. The van der Waals surface area contributed by atoms with E-state index >= 15 is 0 Å². The number of nitrogens with two attached hydrogens (primary N) is 1. The van der Waals surface area contributed by atoms with Crippen LogP contribution in [0.15, 0.2) is 18.2 Å². The Morgan fingerprint density at radius 3 is 2.64 bits per heavy atom. The van der Waals surface area contributed by atoms with Gasteiger partial charge in [0.15, 0.2) is 0 Å². The summed E-state index contributed by atoms with van der Waals surface area (Å²) in [6.07, 6.45) is 5.94. The third kappa shape index (κ3) is 6.83. The predicted octanol–water partition coefficient (Wildman–Crippen LogP) is 4.00. The van der Waals surface area contributed by atoms with Crippen LogP contribution in [0.2, 0.25) is 0 Å². The average molecular weight is 306 g/mol. The summed E-state index contributed by atoms with van der Waals surface area (Å²) in [6.45, 7) is 7.64. The van der Waals surface area contributed by atoms with Crippen molar-refractivity contribution in [3.63, 3.8) is 0 Å². The second-order valence-electron chi connectivity index (χ2n) is 6.12. The molecule has 0 unspecified atom stereocenters. The third-order valence-corrected chi connectivity index (χ3v) is 3.45. The molecule has 4 heteroatoms. The zero-order valence-electron chi connectivity index (χ0n) is 14.2. The Kier molecular flexibility index (Phi) is 8.41. The summed E-state index contributed by atoms with van der Waals surface area (Å²) in [5.41, 5.74) is 7.09. The number of nitrogen functional groups attached to an aromatic ring is 1. The minimum Gasteiger partial charge on any atom is -0.491 e. The Morgan fingerprint density at radius 2 is 1.95 bits per heavy atom. The van der Waals surface area contributed by atoms with Crippen LogP contribution in [0.3, 0.4) is 0 Å². The fraction of sp³-hybridized carbons (Fsp3) is 0.611. The predicted molar refractivity (Wildman–Crippen MR) is 92.3 cm³/mol. The number of carbonyl (C=O) groups is 1. The number of ether oxygens (including phenoxy) is 1. The van der Waals surface area contributed by atoms with Gasteiger partial charge in [0, 0.05) is 12.1 Å². The molecule has 0 aliphatic heterocycles. The van der Waals surface area contributed by atoms with Crippen LogP contribution in [-0.4, -0.2) is 19.1 Å². The molecule has 0 aromatic heterocycles. The fourth-order valence-electron chi connectivity index (χ4n) is 2.09. The Bertz CT molecular complexity index is 458. The molecule has 0 heterocycles. The third-order valence-electron chi connectivity index (χ3n) is 3.45. The van der Waals surface area contributed by atoms with Gasteiger partial charge in [0.2, 0.25) is 0 Å². The van der Waals surface area contributed by atoms with E-state index in [-0.39, 0.29) is 5.91 Å². The first-order chi connectivity index (χ1) is 10.5. The smallest absolute Gasteiger partial charge is 0.251 e. The van der Waals surface area contributed by atoms with Crippen LogP contribution in [0.5, 0.6) is 5.75 Å². The fourth-order valence-corrected chi connectivity index (χ4v) is 2.09. The van der Waals surface area contributed by atoms with Crippen molar-refractivity contribution < 1.29 is 9.53 Å². The van der Waals surface area contributed by atoms with Gasteiger partial charge in [0.25, 0.3) is 5.91 Å². The summed E-state index contributed by atoms with van der Waals surface area (Å²) < 4.78 is 5.73. The van der Waals surface area contributed by atoms with Gasteiger partial charge in [0.05, 0.1) is 12.3 Å². The SMILES string of the molecule is CCCCCCCOc1cc(C(=O)NCC(C)C)ccc1N. The summed E-state index contributed by atoms with van der Waals surface area (Å²) in [6, 6.07) is 5.20. The topological polar surface area (TPSA) is 64.3 Å². The maximum Gasteiger partial charge on any atom is 0.251 e. The number of hydrogen-bond donors (Lipinski definition) is 2. The number of nitrogens with one attached hydrogen (secondary N) is 1. The van der Waals surface area contributed by atoms with Gasteiger partial charge in [-0.15, -0.1) is 0 Å². The number of carbonyl (C=O) groups excluding carboxylic acids is 1. The summed E-state index contributed by atoms with van der Waals surface area (Å²) in [4.78, 5) is 12.1. The highest BCUT2D eigenvalue weighted by Gasteiger charge is 2.09. The van der Waals surface area contributed by atoms with E-state index in [0.717, 1.165) is 6.42 Å². The normalized spacial score (nSPS) is 10.7. The average Bonchev–Trinajstić information content (AvgIpc) is 2.50. The van der Waals surface area contributed by atoms with E-state index in [4.69, 9.17) is 10.5 Å². The largest absolute Gasteiger partial charge is 0.491 e. The van der Waals surface area contributed by atoms with Gasteiger partial charge in [-0.25, -0.2) is 0 Å². The Labute approximate surface area is 134 Å². The van der Waals surface area contributed by atoms with Crippen molar-refractivity contribution in [2.75, 3.05) is 18.9 Å². The van der Waals surface area contributed by atoms with Crippen LogP contribution in [0, 0.1) is 5.92 Å². The summed E-state index contributed by atoms with van der Waals surface area (Å²) in [5.74, 6) is 0.950. The molecule has 0 aliphatic rings. The number of hydrogen-bond acceptors (Lipinski definition) is 3. The minimum atomic E-state index is -0.0819. The maximum atomic E-state index is 12.1. The molecule has 1 aromatic rings. The molecular weight excluding hydrogens is 276 g/mol. The number of anilines is 1. The van der Waals surface area contributed by atoms with Crippen molar-refractivity contribution in [3.8, 4) is 5.75 Å². The second-order valence-corrected chi connectivity index (χ2v) is 6.12. The molecule has 0 fully saturated rings. The van der Waals surface area contributed by atoms with Crippen molar-refractivity contribution in [2.45, 2.75) is 52.9 Å². The van der Waals surface area contributed by atoms with Crippen molar-refractivity contribution in [2.24, 2.45) is 5.92 Å². The molecule has 22 heavy (non-hydrogen) atoms. The van der Waals surface area contributed by atoms with Gasteiger partial charge in [-0.2, -0.15) is 0 Å². The van der Waals surface area contributed by atoms with Crippen LogP contribution >= 0.6 is 0 Å². The number of rotatable bonds is 10. The van der Waals surface area contributed by atoms with E-state index in [1.165, 1.54) is 25.7 Å². The summed E-state index contributed by atoms with van der Waals surface area (Å²) in [5, 5.41) is 2.90. The molecule has 0 radical (unpaired) electrons. The van der Waals surface area contributed by atoms with E-state index in [2.05, 4.69) is 26.1 Å². The number of amides is 1. The monoisotopic (exact) mass is 306 g/mol.